The number of carbonyl (C=O) groups is 4. The molecule has 0 aromatic heterocycles. The fourth-order valence-electron chi connectivity index (χ4n) is 9.94. The number of fused-ring (bicyclic) bond motifs is 1. The highest BCUT2D eigenvalue weighted by molar-refractivity contribution is 6.32. The summed E-state index contributed by atoms with van der Waals surface area (Å²) in [6, 6.07) is 14.0. The van der Waals surface area contributed by atoms with E-state index in [4.69, 9.17) is 44.8 Å². The van der Waals surface area contributed by atoms with Gasteiger partial charge in [0, 0.05) is 30.0 Å². The van der Waals surface area contributed by atoms with Crippen molar-refractivity contribution in [3.05, 3.63) is 114 Å². The third kappa shape index (κ3) is 15.9. The number of hydrogen-bond donors (Lipinski definition) is 1. The Bertz CT molecular complexity index is 2460. The fourth-order valence-corrected chi connectivity index (χ4v) is 10.1. The Kier molecular flexibility index (Phi) is 21.2. The van der Waals surface area contributed by atoms with Crippen LogP contribution in [0.3, 0.4) is 0 Å². The van der Waals surface area contributed by atoms with Gasteiger partial charge in [0.25, 0.3) is 10.2 Å². The van der Waals surface area contributed by atoms with Gasteiger partial charge in [0.15, 0.2) is 11.6 Å². The Morgan fingerprint density at radius 2 is 1.44 bits per heavy atom. The van der Waals surface area contributed by atoms with Crippen LogP contribution in [0, 0.1) is 56.0 Å². The lowest BCUT2D eigenvalue weighted by atomic mass is 9.59. The van der Waals surface area contributed by atoms with E-state index in [0.29, 0.717) is 31.6 Å². The van der Waals surface area contributed by atoms with E-state index < -0.39 is 68.4 Å². The molecule has 1 saturated heterocycles. The zero-order valence-electron chi connectivity index (χ0n) is 41.9. The minimum atomic E-state index is -1.02. The van der Waals surface area contributed by atoms with E-state index in [0.717, 1.165) is 47.2 Å². The van der Waals surface area contributed by atoms with Crippen LogP contribution in [0.25, 0.3) is 0 Å². The molecular formula is C50H62ClF2N5O17. The monoisotopic (exact) mass is 1080 g/mol. The largest absolute Gasteiger partial charge is 0.508 e. The van der Waals surface area contributed by atoms with Crippen LogP contribution in [0.5, 0.6) is 11.5 Å². The summed E-state index contributed by atoms with van der Waals surface area (Å²) in [7, 11) is 1.59. The Balaban J connectivity index is 1.19. The molecule has 1 aliphatic heterocycles. The van der Waals surface area contributed by atoms with Crippen LogP contribution < -0.4 is 14.8 Å². The molecule has 2 saturated carbocycles. The lowest BCUT2D eigenvalue weighted by molar-refractivity contribution is -0.758. The second kappa shape index (κ2) is 27.7. The van der Waals surface area contributed by atoms with Crippen molar-refractivity contribution in [3.63, 3.8) is 0 Å². The highest BCUT2D eigenvalue weighted by atomic mass is 35.5. The maximum Gasteiger partial charge on any atom is 0.508 e. The second-order valence-electron chi connectivity index (χ2n) is 18.3. The summed E-state index contributed by atoms with van der Waals surface area (Å²) in [6.45, 7) is 2.35. The molecule has 75 heavy (non-hydrogen) atoms. The van der Waals surface area contributed by atoms with Gasteiger partial charge in [-0.05, 0) is 92.3 Å². The number of carbonyl (C=O) groups excluding carboxylic acids is 4. The van der Waals surface area contributed by atoms with Crippen LogP contribution in [-0.4, -0.2) is 142 Å². The van der Waals surface area contributed by atoms with Crippen molar-refractivity contribution in [2.75, 3.05) is 79.7 Å². The molecule has 5 unspecified atom stereocenters. The first-order chi connectivity index (χ1) is 36.0. The Labute approximate surface area is 436 Å². The number of rotatable bonds is 31. The Morgan fingerprint density at radius 3 is 2.08 bits per heavy atom. The molecule has 3 aliphatic rings. The normalized spacial score (nSPS) is 18.9. The number of amides is 3. The fraction of sp³-hybridized carbons (Fsp3) is 0.560. The van der Waals surface area contributed by atoms with Gasteiger partial charge in [-0.1, -0.05) is 54.9 Å². The minimum Gasteiger partial charge on any atom is -0.496 e. The Morgan fingerprint density at radius 1 is 0.827 bits per heavy atom. The molecule has 1 N–H and O–H groups in total. The molecule has 0 bridgehead atoms. The average Bonchev–Trinajstić information content (AvgIpc) is 4.18. The number of likely N-dealkylation sites (tertiary alicyclic amines) is 1. The van der Waals surface area contributed by atoms with Gasteiger partial charge in [-0.25, -0.2) is 18.4 Å². The van der Waals surface area contributed by atoms with E-state index >= 15 is 4.79 Å². The standard InChI is InChI=1S/C50H62ClF2N5O17/c1-32-27-36(10-15-41(32)67-3)31-55(38-11-12-38)47(60)33(2)45-50(29-35-8-6-34(7-9-35)5-4-17-70-44-40(53)14-13-39(52)43(44)51)30-37(28-42(50)56(45)48(61)71-23-19-68-21-25-74-57(63)64)46(59)54-16-18-72-49(62)73-24-20-69-22-26-75-58(65)66/h6-10,13-15,27,33,37-38,42,45H,4-5,11-12,16-26,28-31H2,1-3H3,(H,54,59). The van der Waals surface area contributed by atoms with Crippen LogP contribution in [0.1, 0.15) is 61.3 Å². The summed E-state index contributed by atoms with van der Waals surface area (Å²) in [4.78, 5) is 88.3. The number of nitrogens with zero attached hydrogens (tertiary/aromatic N) is 4. The number of ether oxygens (including phenoxy) is 7. The highest BCUT2D eigenvalue weighted by Gasteiger charge is 2.69. The predicted molar refractivity (Wildman–Crippen MR) is 260 cm³/mol. The summed E-state index contributed by atoms with van der Waals surface area (Å²) in [5.41, 5.74) is 2.77. The maximum atomic E-state index is 15.1. The van der Waals surface area contributed by atoms with Gasteiger partial charge in [-0.3, -0.25) is 9.59 Å². The third-order valence-corrected chi connectivity index (χ3v) is 13.7. The highest BCUT2D eigenvalue weighted by Crippen LogP contribution is 2.61. The van der Waals surface area contributed by atoms with Crippen LogP contribution >= 0.6 is 11.6 Å². The molecule has 3 aromatic carbocycles. The molecule has 5 atom stereocenters. The van der Waals surface area contributed by atoms with Gasteiger partial charge < -0.3 is 57.9 Å². The maximum absolute atomic E-state index is 15.1. The SMILES string of the molecule is COc1ccc(CN(C(=O)C(C)C2N(C(=O)OCCOCCO[N+](=O)[O-])C3CC(C(=O)NCCOC(=O)OCCOCCO[N+](=O)[O-])CC32Cc2ccc(CCCOc3c(F)ccc(F)c3Cl)cc2)C2CC2)cc1C. The molecule has 6 rings (SSSR count). The molecule has 0 spiro atoms. The van der Waals surface area contributed by atoms with Crippen molar-refractivity contribution in [2.45, 2.75) is 83.5 Å². The number of nitrogens with one attached hydrogen (secondary N) is 1. The third-order valence-electron chi connectivity index (χ3n) is 13.3. The van der Waals surface area contributed by atoms with E-state index in [-0.39, 0.29) is 109 Å². The van der Waals surface area contributed by atoms with Gasteiger partial charge in [0.05, 0.1) is 58.6 Å². The van der Waals surface area contributed by atoms with E-state index in [1.165, 1.54) is 0 Å². The minimum absolute atomic E-state index is 0.0217. The second-order valence-corrected chi connectivity index (χ2v) is 18.7. The van der Waals surface area contributed by atoms with Gasteiger partial charge in [-0.15, -0.1) is 20.2 Å². The molecule has 3 aromatic rings. The van der Waals surface area contributed by atoms with E-state index in [1.54, 1.807) is 18.9 Å². The van der Waals surface area contributed by atoms with Crippen molar-refractivity contribution in [1.82, 2.24) is 15.1 Å². The van der Waals surface area contributed by atoms with Crippen LogP contribution in [0.15, 0.2) is 54.6 Å². The average molecular weight is 1080 g/mol. The zero-order chi connectivity index (χ0) is 54.1. The molecule has 25 heteroatoms. The lowest BCUT2D eigenvalue weighted by Gasteiger charge is -2.62. The summed E-state index contributed by atoms with van der Waals surface area (Å²) in [5.74, 6) is -3.22. The molecule has 22 nitrogen and oxygen atoms in total. The topological polar surface area (TPSA) is 256 Å². The van der Waals surface area contributed by atoms with Gasteiger partial charge >= 0.3 is 12.2 Å². The van der Waals surface area contributed by atoms with Crippen LogP contribution in [-0.2, 0) is 62.3 Å². The summed E-state index contributed by atoms with van der Waals surface area (Å²) >= 11 is 5.93. The quantitative estimate of drug-likeness (QED) is 0.0233. The molecule has 410 valence electrons. The summed E-state index contributed by atoms with van der Waals surface area (Å²) in [6.07, 6.45) is 1.66. The molecule has 3 fully saturated rings. The molecular weight excluding hydrogens is 1020 g/mol. The molecule has 0 radical (unpaired) electrons. The van der Waals surface area contributed by atoms with Crippen molar-refractivity contribution in [2.24, 2.45) is 17.3 Å². The number of halogens is 3. The smallest absolute Gasteiger partial charge is 0.496 e. The van der Waals surface area contributed by atoms with E-state index in [9.17, 15) is 43.4 Å². The van der Waals surface area contributed by atoms with Crippen molar-refractivity contribution >= 4 is 35.7 Å². The number of methoxy groups -OCH3 is 1. The van der Waals surface area contributed by atoms with Crippen molar-refractivity contribution in [3.8, 4) is 11.5 Å². The zero-order valence-corrected chi connectivity index (χ0v) is 42.6. The Hall–Kier alpha value is -6.79. The first-order valence-electron chi connectivity index (χ1n) is 24.5. The first kappa shape index (κ1) is 57.5. The number of hydrogen-bond acceptors (Lipinski definition) is 17. The molecule has 3 amide bonds. The van der Waals surface area contributed by atoms with Gasteiger partial charge in [0.1, 0.15) is 49.6 Å². The van der Waals surface area contributed by atoms with Crippen LogP contribution in [0.4, 0.5) is 18.4 Å². The van der Waals surface area contributed by atoms with Gasteiger partial charge in [0.2, 0.25) is 11.8 Å². The summed E-state index contributed by atoms with van der Waals surface area (Å²) in [5, 5.41) is 21.3. The summed E-state index contributed by atoms with van der Waals surface area (Å²) < 4.78 is 65.5. The van der Waals surface area contributed by atoms with Gasteiger partial charge in [-0.2, -0.15) is 0 Å². The van der Waals surface area contributed by atoms with Crippen LogP contribution in [0.2, 0.25) is 5.02 Å². The first-order valence-corrected chi connectivity index (χ1v) is 24.9. The lowest BCUT2D eigenvalue weighted by Crippen LogP contribution is -2.74. The predicted octanol–water partition coefficient (Wildman–Crippen LogP) is 6.62. The molecule has 1 heterocycles. The van der Waals surface area contributed by atoms with Crippen molar-refractivity contribution < 1.29 is 81.0 Å². The number of aryl methyl sites for hydroxylation is 2. The van der Waals surface area contributed by atoms with Crippen molar-refractivity contribution in [1.29, 1.82) is 0 Å². The van der Waals surface area contributed by atoms with E-state index in [1.807, 2.05) is 54.3 Å². The number of benzene rings is 3. The van der Waals surface area contributed by atoms with E-state index in [2.05, 4.69) is 15.0 Å². The molecule has 2 aliphatic carbocycles.